The van der Waals surface area contributed by atoms with Crippen molar-refractivity contribution in [2.45, 2.75) is 34.9 Å². The van der Waals surface area contributed by atoms with Crippen LogP contribution in [0.1, 0.15) is 24.8 Å². The molecule has 1 aromatic carbocycles. The van der Waals surface area contributed by atoms with Crippen molar-refractivity contribution < 1.29 is 13.2 Å². The average molecular weight is 440 g/mol. The summed E-state index contributed by atoms with van der Waals surface area (Å²) in [5.74, 6) is 0.205. The molecule has 0 unspecified atom stereocenters. The van der Waals surface area contributed by atoms with Crippen LogP contribution in [0.2, 0.25) is 0 Å². The van der Waals surface area contributed by atoms with Crippen molar-refractivity contribution in [1.82, 2.24) is 14.5 Å². The SMILES string of the molecule is Nc1nnc(SCC(=O)N2CCCc3cc(S(=O)(=O)N4CCCC4)ccc32)s1. The Bertz CT molecular complexity index is 986. The molecule has 3 heterocycles. The van der Waals surface area contributed by atoms with Gasteiger partial charge in [0, 0.05) is 25.3 Å². The lowest BCUT2D eigenvalue weighted by atomic mass is 10.0. The third-order valence-electron chi connectivity index (χ3n) is 4.91. The first-order valence-electron chi connectivity index (χ1n) is 9.10. The second kappa shape index (κ2) is 7.97. The van der Waals surface area contributed by atoms with Crippen molar-refractivity contribution in [3.05, 3.63) is 23.8 Å². The van der Waals surface area contributed by atoms with Crippen molar-refractivity contribution in [3.63, 3.8) is 0 Å². The minimum absolute atomic E-state index is 0.0325. The standard InChI is InChI=1S/C17H21N5O3S3/c18-16-19-20-17(27-16)26-11-15(23)22-9-3-4-12-10-13(5-6-14(12)22)28(24,25)21-7-1-2-8-21/h5-6,10H,1-4,7-9,11H2,(H2,18,19). The molecule has 2 aliphatic heterocycles. The molecule has 1 amide bonds. The third-order valence-corrected chi connectivity index (χ3v) is 8.68. The number of aryl methyl sites for hydroxylation is 1. The summed E-state index contributed by atoms with van der Waals surface area (Å²) in [6, 6.07) is 5.13. The van der Waals surface area contributed by atoms with E-state index in [0.717, 1.165) is 36.9 Å². The van der Waals surface area contributed by atoms with E-state index in [1.807, 2.05) is 0 Å². The molecular formula is C17H21N5O3S3. The number of rotatable bonds is 5. The van der Waals surface area contributed by atoms with Gasteiger partial charge in [-0.15, -0.1) is 10.2 Å². The summed E-state index contributed by atoms with van der Waals surface area (Å²) >= 11 is 2.57. The molecular weight excluding hydrogens is 418 g/mol. The maximum atomic E-state index is 12.8. The molecule has 0 bridgehead atoms. The molecule has 2 aromatic rings. The molecule has 2 aliphatic rings. The fourth-order valence-corrected chi connectivity index (χ4v) is 6.63. The van der Waals surface area contributed by atoms with Gasteiger partial charge in [-0.05, 0) is 49.4 Å². The Morgan fingerprint density at radius 2 is 1.96 bits per heavy atom. The van der Waals surface area contributed by atoms with E-state index >= 15 is 0 Å². The van der Waals surface area contributed by atoms with E-state index in [0.29, 0.717) is 34.0 Å². The number of benzene rings is 1. The van der Waals surface area contributed by atoms with Gasteiger partial charge in [0.05, 0.1) is 10.6 Å². The van der Waals surface area contributed by atoms with Gasteiger partial charge in [-0.1, -0.05) is 23.1 Å². The molecule has 1 saturated heterocycles. The molecule has 0 aliphatic carbocycles. The number of nitrogens with two attached hydrogens (primary N) is 1. The first kappa shape index (κ1) is 19.6. The van der Waals surface area contributed by atoms with Crippen LogP contribution in [0, 0.1) is 0 Å². The predicted molar refractivity (Wildman–Crippen MR) is 110 cm³/mol. The normalized spacial score (nSPS) is 17.6. The molecule has 0 spiro atoms. The minimum atomic E-state index is -3.45. The number of nitrogens with zero attached hydrogens (tertiary/aromatic N) is 4. The summed E-state index contributed by atoms with van der Waals surface area (Å²) in [4.78, 5) is 14.8. The maximum absolute atomic E-state index is 12.8. The van der Waals surface area contributed by atoms with Gasteiger partial charge in [-0.2, -0.15) is 4.31 Å². The number of carbonyl (C=O) groups excluding carboxylic acids is 1. The van der Waals surface area contributed by atoms with Crippen molar-refractivity contribution >= 4 is 49.8 Å². The van der Waals surface area contributed by atoms with Crippen LogP contribution in [-0.4, -0.2) is 54.2 Å². The molecule has 1 aromatic heterocycles. The van der Waals surface area contributed by atoms with Crippen LogP contribution in [-0.2, 0) is 21.2 Å². The summed E-state index contributed by atoms with van der Waals surface area (Å²) in [6.07, 6.45) is 3.39. The number of carbonyl (C=O) groups is 1. The van der Waals surface area contributed by atoms with Crippen molar-refractivity contribution in [2.24, 2.45) is 0 Å². The van der Waals surface area contributed by atoms with Gasteiger partial charge in [-0.3, -0.25) is 4.79 Å². The monoisotopic (exact) mass is 439 g/mol. The van der Waals surface area contributed by atoms with Crippen LogP contribution in [0.4, 0.5) is 10.8 Å². The summed E-state index contributed by atoms with van der Waals surface area (Å²) in [6.45, 7) is 1.79. The van der Waals surface area contributed by atoms with Crippen molar-refractivity contribution in [3.8, 4) is 0 Å². The van der Waals surface area contributed by atoms with Gasteiger partial charge in [0.15, 0.2) is 4.34 Å². The fraction of sp³-hybridized carbons (Fsp3) is 0.471. The molecule has 28 heavy (non-hydrogen) atoms. The maximum Gasteiger partial charge on any atom is 0.243 e. The van der Waals surface area contributed by atoms with E-state index in [9.17, 15) is 13.2 Å². The highest BCUT2D eigenvalue weighted by atomic mass is 32.2. The first-order chi connectivity index (χ1) is 13.4. The summed E-state index contributed by atoms with van der Waals surface area (Å²) < 4.78 is 27.8. The van der Waals surface area contributed by atoms with Gasteiger partial charge in [0.25, 0.3) is 0 Å². The topological polar surface area (TPSA) is 109 Å². The lowest BCUT2D eigenvalue weighted by Gasteiger charge is -2.30. The highest BCUT2D eigenvalue weighted by molar-refractivity contribution is 8.01. The Labute approximate surface area is 172 Å². The summed E-state index contributed by atoms with van der Waals surface area (Å²) in [5.41, 5.74) is 7.28. The van der Waals surface area contributed by atoms with Gasteiger partial charge < -0.3 is 10.6 Å². The number of amides is 1. The number of hydrogen-bond donors (Lipinski definition) is 1. The van der Waals surface area contributed by atoms with E-state index in [2.05, 4.69) is 10.2 Å². The Balaban J connectivity index is 1.52. The van der Waals surface area contributed by atoms with E-state index in [-0.39, 0.29) is 11.7 Å². The third kappa shape index (κ3) is 3.88. The number of hydrogen-bond acceptors (Lipinski definition) is 8. The van der Waals surface area contributed by atoms with Crippen LogP contribution in [0.5, 0.6) is 0 Å². The Morgan fingerprint density at radius 3 is 2.68 bits per heavy atom. The second-order valence-electron chi connectivity index (χ2n) is 6.75. The average Bonchev–Trinajstić information content (AvgIpc) is 3.37. The highest BCUT2D eigenvalue weighted by Gasteiger charge is 2.29. The largest absolute Gasteiger partial charge is 0.374 e. The highest BCUT2D eigenvalue weighted by Crippen LogP contribution is 2.32. The second-order valence-corrected chi connectivity index (χ2v) is 10.9. The smallest absolute Gasteiger partial charge is 0.243 e. The van der Waals surface area contributed by atoms with Crippen LogP contribution in [0.3, 0.4) is 0 Å². The molecule has 0 radical (unpaired) electrons. The van der Waals surface area contributed by atoms with Crippen LogP contribution >= 0.6 is 23.1 Å². The van der Waals surface area contributed by atoms with Gasteiger partial charge in [0.2, 0.25) is 21.1 Å². The van der Waals surface area contributed by atoms with Gasteiger partial charge in [0.1, 0.15) is 0 Å². The number of aromatic nitrogens is 2. The van der Waals surface area contributed by atoms with Crippen molar-refractivity contribution in [1.29, 1.82) is 0 Å². The lowest BCUT2D eigenvalue weighted by molar-refractivity contribution is -0.116. The van der Waals surface area contributed by atoms with E-state index in [4.69, 9.17) is 5.73 Å². The van der Waals surface area contributed by atoms with E-state index < -0.39 is 10.0 Å². The van der Waals surface area contributed by atoms with Crippen molar-refractivity contribution in [2.75, 3.05) is 36.0 Å². The minimum Gasteiger partial charge on any atom is -0.374 e. The Hall–Kier alpha value is -1.69. The molecule has 0 atom stereocenters. The molecule has 0 saturated carbocycles. The molecule has 8 nitrogen and oxygen atoms in total. The number of thioether (sulfide) groups is 1. The summed E-state index contributed by atoms with van der Waals surface area (Å²) in [5, 5.41) is 8.05. The van der Waals surface area contributed by atoms with E-state index in [1.165, 1.54) is 23.1 Å². The molecule has 150 valence electrons. The molecule has 4 rings (SSSR count). The van der Waals surface area contributed by atoms with Crippen LogP contribution in [0.15, 0.2) is 27.4 Å². The lowest BCUT2D eigenvalue weighted by Crippen LogP contribution is -2.37. The molecule has 2 N–H and O–H groups in total. The zero-order chi connectivity index (χ0) is 19.7. The van der Waals surface area contributed by atoms with Crippen LogP contribution < -0.4 is 10.6 Å². The quantitative estimate of drug-likeness (QED) is 0.709. The molecule has 11 heteroatoms. The number of sulfonamides is 1. The van der Waals surface area contributed by atoms with Gasteiger partial charge >= 0.3 is 0 Å². The van der Waals surface area contributed by atoms with Gasteiger partial charge in [-0.25, -0.2) is 8.42 Å². The first-order valence-corrected chi connectivity index (χ1v) is 12.3. The number of anilines is 2. The number of nitrogen functional groups attached to an aromatic ring is 1. The number of fused-ring (bicyclic) bond motifs is 1. The van der Waals surface area contributed by atoms with Crippen LogP contribution in [0.25, 0.3) is 0 Å². The fourth-order valence-electron chi connectivity index (χ4n) is 3.55. The summed E-state index contributed by atoms with van der Waals surface area (Å²) in [7, 11) is -3.45. The predicted octanol–water partition coefficient (Wildman–Crippen LogP) is 1.98. The van der Waals surface area contributed by atoms with E-state index in [1.54, 1.807) is 27.4 Å². The Morgan fingerprint density at radius 1 is 1.18 bits per heavy atom. The zero-order valence-corrected chi connectivity index (χ0v) is 17.7. The zero-order valence-electron chi connectivity index (χ0n) is 15.2. The molecule has 1 fully saturated rings. The Kier molecular flexibility index (Phi) is 5.59.